The van der Waals surface area contributed by atoms with Gasteiger partial charge in [0.2, 0.25) is 0 Å². The van der Waals surface area contributed by atoms with Crippen molar-refractivity contribution in [1.82, 2.24) is 14.8 Å². The number of rotatable bonds is 4. The molecule has 2 heterocycles. The molecule has 21 heavy (non-hydrogen) atoms. The zero-order valence-electron chi connectivity index (χ0n) is 12.8. The van der Waals surface area contributed by atoms with Crippen LogP contribution in [0.15, 0.2) is 30.3 Å². The van der Waals surface area contributed by atoms with Crippen LogP contribution in [0.5, 0.6) is 0 Å². The lowest BCUT2D eigenvalue weighted by Crippen LogP contribution is -2.46. The van der Waals surface area contributed by atoms with E-state index in [1.165, 1.54) is 13.0 Å². The van der Waals surface area contributed by atoms with Gasteiger partial charge in [-0.1, -0.05) is 25.1 Å². The van der Waals surface area contributed by atoms with Crippen LogP contribution in [0, 0.1) is 0 Å². The van der Waals surface area contributed by atoms with Crippen molar-refractivity contribution in [3.63, 3.8) is 0 Å². The number of anilines is 1. The van der Waals surface area contributed by atoms with Gasteiger partial charge in [0.1, 0.15) is 0 Å². The highest BCUT2D eigenvalue weighted by Crippen LogP contribution is 2.21. The molecule has 112 valence electrons. The second kappa shape index (κ2) is 6.41. The Balaban J connectivity index is 1.68. The summed E-state index contributed by atoms with van der Waals surface area (Å²) in [5.41, 5.74) is 9.07. The standard InChI is InChI=1S/C17H24N4/c1-2-7-20-8-10-21(11-9-20)13-14-12-16(18)15-5-3-4-6-17(15)19-14/h3-6,12H,2,7-11,13H2,1H3,(H2,18,19). The minimum Gasteiger partial charge on any atom is -0.398 e. The molecule has 1 aromatic carbocycles. The van der Waals surface area contributed by atoms with Gasteiger partial charge in [0.05, 0.1) is 11.2 Å². The maximum absolute atomic E-state index is 6.16. The molecule has 1 saturated heterocycles. The summed E-state index contributed by atoms with van der Waals surface area (Å²) in [4.78, 5) is 9.77. The number of hydrogen-bond donors (Lipinski definition) is 1. The fourth-order valence-corrected chi connectivity index (χ4v) is 3.06. The predicted molar refractivity (Wildman–Crippen MR) is 88.2 cm³/mol. The largest absolute Gasteiger partial charge is 0.398 e. The van der Waals surface area contributed by atoms with Crippen molar-refractivity contribution in [1.29, 1.82) is 0 Å². The van der Waals surface area contributed by atoms with Crippen LogP contribution in [0.2, 0.25) is 0 Å². The molecule has 1 fully saturated rings. The van der Waals surface area contributed by atoms with Crippen LogP contribution in [0.3, 0.4) is 0 Å². The molecule has 0 spiro atoms. The Labute approximate surface area is 126 Å². The number of para-hydroxylation sites is 1. The van der Waals surface area contributed by atoms with Gasteiger partial charge in [0.25, 0.3) is 0 Å². The molecule has 2 N–H and O–H groups in total. The third-order valence-electron chi connectivity index (χ3n) is 4.19. The highest BCUT2D eigenvalue weighted by atomic mass is 15.3. The first-order chi connectivity index (χ1) is 10.3. The highest BCUT2D eigenvalue weighted by molar-refractivity contribution is 5.90. The van der Waals surface area contributed by atoms with E-state index in [0.717, 1.165) is 55.0 Å². The number of aromatic nitrogens is 1. The van der Waals surface area contributed by atoms with Gasteiger partial charge >= 0.3 is 0 Å². The fourth-order valence-electron chi connectivity index (χ4n) is 3.06. The van der Waals surface area contributed by atoms with Crippen LogP contribution < -0.4 is 5.73 Å². The Bertz CT molecular complexity index is 603. The minimum atomic E-state index is 0.834. The average Bonchev–Trinajstić information content (AvgIpc) is 2.50. The molecule has 0 aliphatic carbocycles. The van der Waals surface area contributed by atoms with E-state index in [-0.39, 0.29) is 0 Å². The van der Waals surface area contributed by atoms with Gasteiger partial charge in [0, 0.05) is 43.8 Å². The first kappa shape index (κ1) is 14.3. The number of nitrogen functional groups attached to an aromatic ring is 1. The summed E-state index contributed by atoms with van der Waals surface area (Å²) in [7, 11) is 0. The van der Waals surface area contributed by atoms with Crippen molar-refractivity contribution >= 4 is 16.6 Å². The molecule has 0 bridgehead atoms. The van der Waals surface area contributed by atoms with E-state index in [9.17, 15) is 0 Å². The van der Waals surface area contributed by atoms with Crippen molar-refractivity contribution in [2.75, 3.05) is 38.5 Å². The van der Waals surface area contributed by atoms with Crippen molar-refractivity contribution < 1.29 is 0 Å². The van der Waals surface area contributed by atoms with Gasteiger partial charge in [-0.3, -0.25) is 9.88 Å². The number of benzene rings is 1. The molecule has 2 aromatic rings. The van der Waals surface area contributed by atoms with Crippen LogP contribution in [0.25, 0.3) is 10.9 Å². The number of nitrogens with zero attached hydrogens (tertiary/aromatic N) is 3. The van der Waals surface area contributed by atoms with E-state index in [2.05, 4.69) is 16.7 Å². The first-order valence-corrected chi connectivity index (χ1v) is 7.85. The molecule has 4 nitrogen and oxygen atoms in total. The Morgan fingerprint density at radius 3 is 2.57 bits per heavy atom. The van der Waals surface area contributed by atoms with Crippen LogP contribution in [-0.4, -0.2) is 47.5 Å². The van der Waals surface area contributed by atoms with Crippen molar-refractivity contribution in [3.05, 3.63) is 36.0 Å². The smallest absolute Gasteiger partial charge is 0.0726 e. The summed E-state index contributed by atoms with van der Waals surface area (Å²) in [6.07, 6.45) is 1.24. The van der Waals surface area contributed by atoms with Gasteiger partial charge in [-0.15, -0.1) is 0 Å². The summed E-state index contributed by atoms with van der Waals surface area (Å²) in [6, 6.07) is 10.1. The first-order valence-electron chi connectivity index (χ1n) is 7.85. The summed E-state index contributed by atoms with van der Waals surface area (Å²) < 4.78 is 0. The summed E-state index contributed by atoms with van der Waals surface area (Å²) >= 11 is 0. The maximum atomic E-state index is 6.16. The van der Waals surface area contributed by atoms with Crippen molar-refractivity contribution in [3.8, 4) is 0 Å². The molecule has 1 aliphatic rings. The Kier molecular flexibility index (Phi) is 4.36. The molecular weight excluding hydrogens is 260 g/mol. The third kappa shape index (κ3) is 3.34. The second-order valence-electron chi connectivity index (χ2n) is 5.84. The van der Waals surface area contributed by atoms with E-state index >= 15 is 0 Å². The lowest BCUT2D eigenvalue weighted by atomic mass is 10.1. The Morgan fingerprint density at radius 1 is 1.10 bits per heavy atom. The van der Waals surface area contributed by atoms with Crippen LogP contribution in [0.4, 0.5) is 5.69 Å². The lowest BCUT2D eigenvalue weighted by Gasteiger charge is -2.34. The Hall–Kier alpha value is -1.65. The zero-order chi connectivity index (χ0) is 14.7. The second-order valence-corrected chi connectivity index (χ2v) is 5.84. The third-order valence-corrected chi connectivity index (χ3v) is 4.19. The van der Waals surface area contributed by atoms with Crippen molar-refractivity contribution in [2.45, 2.75) is 19.9 Å². The zero-order valence-corrected chi connectivity index (χ0v) is 12.8. The molecule has 1 aliphatic heterocycles. The lowest BCUT2D eigenvalue weighted by molar-refractivity contribution is 0.126. The summed E-state index contributed by atoms with van der Waals surface area (Å²) in [5, 5.41) is 1.05. The molecular formula is C17H24N4. The van der Waals surface area contributed by atoms with E-state index < -0.39 is 0 Å². The highest BCUT2D eigenvalue weighted by Gasteiger charge is 2.17. The molecule has 4 heteroatoms. The maximum Gasteiger partial charge on any atom is 0.0726 e. The van der Waals surface area contributed by atoms with E-state index in [0.29, 0.717) is 0 Å². The van der Waals surface area contributed by atoms with E-state index in [1.807, 2.05) is 30.3 Å². The van der Waals surface area contributed by atoms with Crippen molar-refractivity contribution in [2.24, 2.45) is 0 Å². The van der Waals surface area contributed by atoms with Gasteiger partial charge in [0.15, 0.2) is 0 Å². The van der Waals surface area contributed by atoms with Gasteiger partial charge in [-0.2, -0.15) is 0 Å². The molecule has 0 saturated carbocycles. The van der Waals surface area contributed by atoms with Crippen LogP contribution >= 0.6 is 0 Å². The van der Waals surface area contributed by atoms with Crippen LogP contribution in [-0.2, 0) is 6.54 Å². The number of hydrogen-bond acceptors (Lipinski definition) is 4. The predicted octanol–water partition coefficient (Wildman–Crippen LogP) is 2.34. The Morgan fingerprint density at radius 2 is 1.81 bits per heavy atom. The summed E-state index contributed by atoms with van der Waals surface area (Å²) in [5.74, 6) is 0. The van der Waals surface area contributed by atoms with E-state index in [4.69, 9.17) is 10.7 Å². The quantitative estimate of drug-likeness (QED) is 0.936. The molecule has 1 aromatic heterocycles. The number of piperazine rings is 1. The summed E-state index contributed by atoms with van der Waals surface area (Å²) in [6.45, 7) is 8.93. The topological polar surface area (TPSA) is 45.4 Å². The number of pyridine rings is 1. The SMILES string of the molecule is CCCN1CCN(Cc2cc(N)c3ccccc3n2)CC1. The number of nitrogens with two attached hydrogens (primary N) is 1. The monoisotopic (exact) mass is 284 g/mol. The van der Waals surface area contributed by atoms with Gasteiger partial charge in [-0.05, 0) is 25.1 Å². The average molecular weight is 284 g/mol. The normalized spacial score (nSPS) is 17.4. The molecule has 3 rings (SSSR count). The van der Waals surface area contributed by atoms with Crippen LogP contribution in [0.1, 0.15) is 19.0 Å². The van der Waals surface area contributed by atoms with Gasteiger partial charge < -0.3 is 10.6 Å². The molecule has 0 atom stereocenters. The fraction of sp³-hybridized carbons (Fsp3) is 0.471. The van der Waals surface area contributed by atoms with Gasteiger partial charge in [-0.25, -0.2) is 0 Å². The molecule has 0 radical (unpaired) electrons. The van der Waals surface area contributed by atoms with E-state index in [1.54, 1.807) is 0 Å². The number of fused-ring (bicyclic) bond motifs is 1. The molecule has 0 unspecified atom stereocenters. The molecule has 0 amide bonds. The minimum absolute atomic E-state index is 0.834.